The number of carbonyl (C=O) groups excluding carboxylic acids is 2. The molecule has 10 heteroatoms. The molecule has 2 aromatic carbocycles. The number of para-hydroxylation sites is 1. The summed E-state index contributed by atoms with van der Waals surface area (Å²) in [5.41, 5.74) is -0.299. The van der Waals surface area contributed by atoms with Gasteiger partial charge in [-0.15, -0.1) is 0 Å². The van der Waals surface area contributed by atoms with Crippen molar-refractivity contribution in [3.8, 4) is 5.75 Å². The molecule has 186 valence electrons. The fraction of sp³-hybridized carbons (Fsp3) is 0.231. The summed E-state index contributed by atoms with van der Waals surface area (Å²) in [5.74, 6) is 0.489. The minimum atomic E-state index is -0.667. The Kier molecular flexibility index (Phi) is 7.64. The lowest BCUT2D eigenvalue weighted by Crippen LogP contribution is -2.42. The van der Waals surface area contributed by atoms with Crippen molar-refractivity contribution in [2.75, 3.05) is 11.9 Å². The van der Waals surface area contributed by atoms with Gasteiger partial charge in [0.05, 0.1) is 30.3 Å². The van der Waals surface area contributed by atoms with Crippen molar-refractivity contribution in [2.45, 2.75) is 33.0 Å². The van der Waals surface area contributed by atoms with Crippen LogP contribution in [0.4, 0.5) is 5.69 Å². The maximum atomic E-state index is 13.2. The van der Waals surface area contributed by atoms with E-state index in [2.05, 4.69) is 10.6 Å². The third kappa shape index (κ3) is 5.72. The molecular weight excluding hydrogens is 464 g/mol. The van der Waals surface area contributed by atoms with Crippen LogP contribution in [0.25, 0.3) is 10.9 Å². The van der Waals surface area contributed by atoms with Crippen molar-refractivity contribution in [2.24, 2.45) is 0 Å². The largest absolute Gasteiger partial charge is 0.494 e. The second-order valence-corrected chi connectivity index (χ2v) is 7.95. The molecule has 10 nitrogen and oxygen atoms in total. The second kappa shape index (κ2) is 11.2. The monoisotopic (exact) mass is 490 g/mol. The van der Waals surface area contributed by atoms with Crippen LogP contribution in [0.2, 0.25) is 0 Å². The molecule has 0 saturated heterocycles. The van der Waals surface area contributed by atoms with Crippen LogP contribution >= 0.6 is 0 Å². The molecule has 0 fully saturated rings. The topological polar surface area (TPSA) is 125 Å². The van der Waals surface area contributed by atoms with Crippen LogP contribution in [-0.2, 0) is 29.2 Å². The van der Waals surface area contributed by atoms with Gasteiger partial charge in [-0.3, -0.25) is 23.5 Å². The van der Waals surface area contributed by atoms with E-state index >= 15 is 0 Å². The summed E-state index contributed by atoms with van der Waals surface area (Å²) in [5, 5.41) is 5.72. The van der Waals surface area contributed by atoms with Crippen molar-refractivity contribution in [1.29, 1.82) is 0 Å². The number of hydrogen-bond donors (Lipinski definition) is 2. The summed E-state index contributed by atoms with van der Waals surface area (Å²) in [6, 6.07) is 16.9. The number of anilines is 1. The van der Waals surface area contributed by atoms with Gasteiger partial charge in [-0.05, 0) is 55.5 Å². The van der Waals surface area contributed by atoms with Gasteiger partial charge in [-0.2, -0.15) is 0 Å². The number of nitrogens with one attached hydrogen (secondary N) is 2. The van der Waals surface area contributed by atoms with Crippen molar-refractivity contribution < 1.29 is 18.7 Å². The Labute approximate surface area is 206 Å². The van der Waals surface area contributed by atoms with Crippen molar-refractivity contribution in [1.82, 2.24) is 14.5 Å². The van der Waals surface area contributed by atoms with E-state index in [1.807, 2.05) is 6.92 Å². The Hall–Kier alpha value is -4.60. The highest BCUT2D eigenvalue weighted by atomic mass is 16.5. The van der Waals surface area contributed by atoms with Crippen LogP contribution < -0.4 is 26.6 Å². The highest BCUT2D eigenvalue weighted by molar-refractivity contribution is 5.91. The zero-order valence-electron chi connectivity index (χ0n) is 19.7. The molecule has 0 aliphatic heterocycles. The standard InChI is InChI=1S/C26H26N4O6/c1-2-35-19-11-9-18(10-12-19)28-24(32)17-30-22-8-4-3-7-21(22)25(33)29(26(30)34)14-13-23(31)27-16-20-6-5-15-36-20/h3-12,15H,2,13-14,16-17H2,1H3,(H,27,31)(H,28,32). The third-order valence-electron chi connectivity index (χ3n) is 5.49. The van der Waals surface area contributed by atoms with Gasteiger partial charge in [0, 0.05) is 18.7 Å². The molecule has 0 aliphatic rings. The highest BCUT2D eigenvalue weighted by Crippen LogP contribution is 2.16. The molecule has 4 aromatic rings. The van der Waals surface area contributed by atoms with E-state index in [1.54, 1.807) is 60.7 Å². The first-order chi connectivity index (χ1) is 17.5. The number of aromatic nitrogens is 2. The van der Waals surface area contributed by atoms with E-state index < -0.39 is 17.2 Å². The van der Waals surface area contributed by atoms with Crippen LogP contribution in [0, 0.1) is 0 Å². The maximum Gasteiger partial charge on any atom is 0.331 e. The van der Waals surface area contributed by atoms with Crippen molar-refractivity contribution in [3.63, 3.8) is 0 Å². The molecular formula is C26H26N4O6. The SMILES string of the molecule is CCOc1ccc(NC(=O)Cn2c(=O)n(CCC(=O)NCc3ccco3)c(=O)c3ccccc32)cc1. The van der Waals surface area contributed by atoms with Crippen LogP contribution in [0.5, 0.6) is 5.75 Å². The predicted octanol–water partition coefficient (Wildman–Crippen LogP) is 2.50. The molecule has 0 atom stereocenters. The van der Waals surface area contributed by atoms with Gasteiger partial charge >= 0.3 is 5.69 Å². The molecule has 0 saturated carbocycles. The summed E-state index contributed by atoms with van der Waals surface area (Å²) < 4.78 is 12.8. The van der Waals surface area contributed by atoms with Crippen LogP contribution in [-0.4, -0.2) is 27.6 Å². The Morgan fingerprint density at radius 2 is 1.72 bits per heavy atom. The lowest BCUT2D eigenvalue weighted by molar-refractivity contribution is -0.121. The first kappa shape index (κ1) is 24.5. The van der Waals surface area contributed by atoms with Crippen molar-refractivity contribution >= 4 is 28.4 Å². The molecule has 2 aromatic heterocycles. The van der Waals surface area contributed by atoms with E-state index in [1.165, 1.54) is 10.8 Å². The van der Waals surface area contributed by atoms with E-state index in [9.17, 15) is 19.2 Å². The number of nitrogens with zero attached hydrogens (tertiary/aromatic N) is 2. The first-order valence-corrected chi connectivity index (χ1v) is 11.5. The van der Waals surface area contributed by atoms with Gasteiger partial charge in [0.2, 0.25) is 11.8 Å². The normalized spacial score (nSPS) is 10.8. The summed E-state index contributed by atoms with van der Waals surface area (Å²) in [6.45, 7) is 2.17. The Bertz CT molecular complexity index is 1470. The molecule has 36 heavy (non-hydrogen) atoms. The first-order valence-electron chi connectivity index (χ1n) is 11.5. The summed E-state index contributed by atoms with van der Waals surface area (Å²) >= 11 is 0. The number of ether oxygens (including phenoxy) is 1. The van der Waals surface area contributed by atoms with Gasteiger partial charge in [0.25, 0.3) is 5.56 Å². The van der Waals surface area contributed by atoms with E-state index in [4.69, 9.17) is 9.15 Å². The van der Waals surface area contributed by atoms with E-state index in [0.29, 0.717) is 29.3 Å². The molecule has 0 bridgehead atoms. The summed E-state index contributed by atoms with van der Waals surface area (Å²) in [7, 11) is 0. The Morgan fingerprint density at radius 1 is 0.944 bits per heavy atom. The average Bonchev–Trinajstić information content (AvgIpc) is 3.40. The molecule has 0 radical (unpaired) electrons. The number of hydrogen-bond acceptors (Lipinski definition) is 6. The third-order valence-corrected chi connectivity index (χ3v) is 5.49. The quantitative estimate of drug-likeness (QED) is 0.352. The smallest absolute Gasteiger partial charge is 0.331 e. The average molecular weight is 491 g/mol. The number of fused-ring (bicyclic) bond motifs is 1. The molecule has 2 amide bonds. The number of carbonyl (C=O) groups is 2. The lowest BCUT2D eigenvalue weighted by Gasteiger charge is -2.14. The molecule has 2 N–H and O–H groups in total. The molecule has 2 heterocycles. The predicted molar refractivity (Wildman–Crippen MR) is 134 cm³/mol. The maximum absolute atomic E-state index is 13.2. The van der Waals surface area contributed by atoms with Gasteiger partial charge in [0.1, 0.15) is 18.1 Å². The Balaban J connectivity index is 1.53. The summed E-state index contributed by atoms with van der Waals surface area (Å²) in [4.78, 5) is 51.3. The molecule has 0 unspecified atom stereocenters. The number of benzene rings is 2. The van der Waals surface area contributed by atoms with Crippen LogP contribution in [0.1, 0.15) is 19.1 Å². The summed E-state index contributed by atoms with van der Waals surface area (Å²) in [6.07, 6.45) is 1.41. The number of amides is 2. The zero-order valence-corrected chi connectivity index (χ0v) is 19.7. The van der Waals surface area contributed by atoms with Gasteiger partial charge in [0.15, 0.2) is 0 Å². The lowest BCUT2D eigenvalue weighted by atomic mass is 10.2. The molecule has 4 rings (SSSR count). The highest BCUT2D eigenvalue weighted by Gasteiger charge is 2.16. The van der Waals surface area contributed by atoms with Crippen molar-refractivity contribution in [3.05, 3.63) is 93.5 Å². The number of furan rings is 1. The van der Waals surface area contributed by atoms with Gasteiger partial charge < -0.3 is 19.8 Å². The number of rotatable bonds is 10. The van der Waals surface area contributed by atoms with E-state index in [0.717, 1.165) is 4.57 Å². The Morgan fingerprint density at radius 3 is 2.44 bits per heavy atom. The fourth-order valence-corrected chi connectivity index (χ4v) is 3.77. The second-order valence-electron chi connectivity index (χ2n) is 7.95. The van der Waals surface area contributed by atoms with Crippen LogP contribution in [0.3, 0.4) is 0 Å². The van der Waals surface area contributed by atoms with E-state index in [-0.39, 0.29) is 37.3 Å². The molecule has 0 spiro atoms. The van der Waals surface area contributed by atoms with Crippen LogP contribution in [0.15, 0.2) is 80.9 Å². The minimum Gasteiger partial charge on any atom is -0.494 e. The zero-order chi connectivity index (χ0) is 25.5. The van der Waals surface area contributed by atoms with Gasteiger partial charge in [-0.25, -0.2) is 4.79 Å². The molecule has 0 aliphatic carbocycles. The minimum absolute atomic E-state index is 0.0907. The van der Waals surface area contributed by atoms with Gasteiger partial charge in [-0.1, -0.05) is 12.1 Å². The fourth-order valence-electron chi connectivity index (χ4n) is 3.77.